The average molecular weight is 475 g/mol. The van der Waals surface area contributed by atoms with Crippen LogP contribution in [0.15, 0.2) is 12.7 Å². The second kappa shape index (κ2) is 9.31. The number of imidazole rings is 1. The Balaban J connectivity index is 1.43. The molecule has 2 aromatic rings. The Hall–Kier alpha value is -3.64. The second-order valence-corrected chi connectivity index (χ2v) is 9.56. The number of rotatable bonds is 3. The summed E-state index contributed by atoms with van der Waals surface area (Å²) in [5.74, 6) is 0.606. The van der Waals surface area contributed by atoms with E-state index in [-0.39, 0.29) is 18.1 Å². The molecule has 0 spiro atoms. The number of carboxylic acid groups (broad SMARTS) is 1. The predicted octanol–water partition coefficient (Wildman–Crippen LogP) is 1.63. The van der Waals surface area contributed by atoms with Gasteiger partial charge in [-0.3, -0.25) is 0 Å². The van der Waals surface area contributed by atoms with Gasteiger partial charge in [-0.25, -0.2) is 33.9 Å². The van der Waals surface area contributed by atoms with E-state index in [9.17, 15) is 14.4 Å². The second-order valence-electron chi connectivity index (χ2n) is 9.56. The van der Waals surface area contributed by atoms with Crippen LogP contribution in [-0.2, 0) is 4.74 Å². The van der Waals surface area contributed by atoms with Crippen LogP contribution in [0.1, 0.15) is 40.0 Å². The number of amides is 3. The third kappa shape index (κ3) is 5.29. The van der Waals surface area contributed by atoms with Gasteiger partial charge in [0.25, 0.3) is 0 Å². The third-order valence-electron chi connectivity index (χ3n) is 5.82. The van der Waals surface area contributed by atoms with Gasteiger partial charge < -0.3 is 30.3 Å². The number of nitrogens with one attached hydrogen (secondary N) is 2. The van der Waals surface area contributed by atoms with Crippen LogP contribution in [0.4, 0.5) is 20.2 Å². The normalized spacial score (nSPS) is 19.3. The Kier molecular flexibility index (Phi) is 6.44. The molecule has 1 unspecified atom stereocenters. The summed E-state index contributed by atoms with van der Waals surface area (Å²) in [5.41, 5.74) is 0.350. The molecule has 13 nitrogen and oxygen atoms in total. The zero-order valence-corrected chi connectivity index (χ0v) is 19.5. The van der Waals surface area contributed by atoms with Gasteiger partial charge in [0.1, 0.15) is 18.3 Å². The average Bonchev–Trinajstić information content (AvgIpc) is 3.39. The van der Waals surface area contributed by atoms with E-state index < -0.39 is 17.8 Å². The largest absolute Gasteiger partial charge is 0.465 e. The molecular weight excluding hydrogens is 444 g/mol. The van der Waals surface area contributed by atoms with Gasteiger partial charge in [-0.15, -0.1) is 0 Å². The molecule has 4 rings (SSSR count). The van der Waals surface area contributed by atoms with Gasteiger partial charge in [-0.05, 0) is 40.0 Å². The topological polar surface area (TPSA) is 155 Å². The first-order valence-corrected chi connectivity index (χ1v) is 11.3. The molecule has 34 heavy (non-hydrogen) atoms. The molecule has 184 valence electrons. The maximum absolute atomic E-state index is 13.1. The summed E-state index contributed by atoms with van der Waals surface area (Å²) >= 11 is 0. The fraction of sp³-hybridized carbons (Fsp3) is 0.619. The molecule has 2 fully saturated rings. The van der Waals surface area contributed by atoms with Crippen molar-refractivity contribution in [3.05, 3.63) is 12.7 Å². The lowest BCUT2D eigenvalue weighted by Crippen LogP contribution is -2.47. The number of carbonyl (C=O) groups is 3. The minimum Gasteiger partial charge on any atom is -0.465 e. The molecule has 13 heteroatoms. The molecule has 0 aromatic carbocycles. The highest BCUT2D eigenvalue weighted by Gasteiger charge is 2.30. The van der Waals surface area contributed by atoms with E-state index in [2.05, 4.69) is 25.6 Å². The number of carbonyl (C=O) groups excluding carboxylic acids is 2. The summed E-state index contributed by atoms with van der Waals surface area (Å²) in [6, 6.07) is -0.511. The molecule has 0 bridgehead atoms. The fourth-order valence-electron chi connectivity index (χ4n) is 4.28. The van der Waals surface area contributed by atoms with Gasteiger partial charge in [0.05, 0.1) is 6.04 Å². The van der Waals surface area contributed by atoms with Crippen molar-refractivity contribution in [3.63, 3.8) is 0 Å². The quantitative estimate of drug-likeness (QED) is 0.602. The predicted molar refractivity (Wildman–Crippen MR) is 122 cm³/mol. The number of hydrogen-bond acceptors (Lipinski definition) is 8. The molecule has 3 N–H and O–H groups in total. The number of hydrogen-bond donors (Lipinski definition) is 3. The number of anilines is 1. The maximum atomic E-state index is 13.1. The molecule has 0 aliphatic carbocycles. The summed E-state index contributed by atoms with van der Waals surface area (Å²) in [4.78, 5) is 52.8. The van der Waals surface area contributed by atoms with Crippen LogP contribution >= 0.6 is 0 Å². The van der Waals surface area contributed by atoms with Crippen molar-refractivity contribution in [3.8, 4) is 0 Å². The van der Waals surface area contributed by atoms with Crippen LogP contribution in [0, 0.1) is 0 Å². The highest BCUT2D eigenvalue weighted by Crippen LogP contribution is 2.26. The van der Waals surface area contributed by atoms with Crippen molar-refractivity contribution in [1.82, 2.24) is 35.1 Å². The number of fused-ring (bicyclic) bond motifs is 1. The van der Waals surface area contributed by atoms with Crippen molar-refractivity contribution in [2.24, 2.45) is 0 Å². The Morgan fingerprint density at radius 1 is 1.03 bits per heavy atom. The van der Waals surface area contributed by atoms with Gasteiger partial charge in [-0.1, -0.05) is 0 Å². The summed E-state index contributed by atoms with van der Waals surface area (Å²) in [6.07, 6.45) is 3.16. The molecule has 3 amide bonds. The Labute approximate surface area is 196 Å². The molecule has 4 heterocycles. The maximum Gasteiger partial charge on any atom is 0.407 e. The monoisotopic (exact) mass is 474 g/mol. The molecular formula is C21H30N8O5. The van der Waals surface area contributed by atoms with E-state index in [1.54, 1.807) is 4.90 Å². The number of aromatic nitrogens is 4. The number of nitrogens with zero attached hydrogens (tertiary/aromatic N) is 6. The van der Waals surface area contributed by atoms with Crippen LogP contribution in [0.2, 0.25) is 0 Å². The van der Waals surface area contributed by atoms with Crippen molar-refractivity contribution >= 4 is 35.2 Å². The summed E-state index contributed by atoms with van der Waals surface area (Å²) in [6.45, 7) is 7.53. The first-order valence-electron chi connectivity index (χ1n) is 11.3. The number of ether oxygens (including phenoxy) is 1. The number of piperidine rings is 1. The van der Waals surface area contributed by atoms with Gasteiger partial charge in [0.15, 0.2) is 17.0 Å². The highest BCUT2D eigenvalue weighted by atomic mass is 16.6. The number of alkyl carbamates (subject to hydrolysis) is 1. The van der Waals surface area contributed by atoms with Crippen LogP contribution in [0.3, 0.4) is 0 Å². The van der Waals surface area contributed by atoms with E-state index >= 15 is 0 Å². The van der Waals surface area contributed by atoms with E-state index in [0.717, 1.165) is 6.42 Å². The Morgan fingerprint density at radius 3 is 2.41 bits per heavy atom. The first kappa shape index (κ1) is 23.5. The van der Waals surface area contributed by atoms with E-state index in [4.69, 9.17) is 9.84 Å². The lowest BCUT2D eigenvalue weighted by Gasteiger charge is -2.31. The minimum absolute atomic E-state index is 0.0932. The van der Waals surface area contributed by atoms with Crippen LogP contribution in [0.25, 0.3) is 11.2 Å². The van der Waals surface area contributed by atoms with Crippen molar-refractivity contribution in [2.75, 3.05) is 31.1 Å². The molecule has 0 saturated carbocycles. The van der Waals surface area contributed by atoms with Crippen molar-refractivity contribution < 1.29 is 24.2 Å². The zero-order chi connectivity index (χ0) is 24.5. The third-order valence-corrected chi connectivity index (χ3v) is 5.82. The molecule has 2 aromatic heterocycles. The smallest absolute Gasteiger partial charge is 0.407 e. The van der Waals surface area contributed by atoms with Crippen LogP contribution in [0.5, 0.6) is 0 Å². The molecule has 2 aliphatic heterocycles. The van der Waals surface area contributed by atoms with Gasteiger partial charge in [0.2, 0.25) is 0 Å². The summed E-state index contributed by atoms with van der Waals surface area (Å²) < 4.78 is 6.74. The lowest BCUT2D eigenvalue weighted by molar-refractivity contribution is 0.0509. The summed E-state index contributed by atoms with van der Waals surface area (Å²) in [7, 11) is 0. The fourth-order valence-corrected chi connectivity index (χ4v) is 4.28. The summed E-state index contributed by atoms with van der Waals surface area (Å²) in [5, 5.41) is 14.2. The SMILES string of the molecule is CC(C)(C)OC(=O)NC1CCN(c2ncnc3c2ncn3C(=O)N2CCC(NC(=O)O)CC2)C1. The highest BCUT2D eigenvalue weighted by molar-refractivity contribution is 5.91. The van der Waals surface area contributed by atoms with Crippen LogP contribution in [-0.4, -0.2) is 91.6 Å². The van der Waals surface area contributed by atoms with Crippen molar-refractivity contribution in [2.45, 2.75) is 57.7 Å². The van der Waals surface area contributed by atoms with E-state index in [0.29, 0.717) is 56.0 Å². The molecule has 2 saturated heterocycles. The lowest BCUT2D eigenvalue weighted by atomic mass is 10.1. The Morgan fingerprint density at radius 2 is 1.74 bits per heavy atom. The van der Waals surface area contributed by atoms with Gasteiger partial charge in [0, 0.05) is 32.2 Å². The minimum atomic E-state index is -1.06. The first-order chi connectivity index (χ1) is 16.1. The zero-order valence-electron chi connectivity index (χ0n) is 19.5. The van der Waals surface area contributed by atoms with Gasteiger partial charge in [-0.2, -0.15) is 0 Å². The standard InChI is InChI=1S/C21H30N8O5/c1-21(2,3)34-19(32)26-14-6-9-28(10-14)16-15-17(23-11-22-16)29(12-24-15)20(33)27-7-4-13(5-8-27)25-18(30)31/h11-14,25H,4-10H2,1-3H3,(H,26,32)(H,30,31). The molecule has 1 atom stereocenters. The van der Waals surface area contributed by atoms with E-state index in [1.165, 1.54) is 17.2 Å². The van der Waals surface area contributed by atoms with E-state index in [1.807, 2.05) is 25.7 Å². The van der Waals surface area contributed by atoms with Crippen LogP contribution < -0.4 is 15.5 Å². The Bertz CT molecular complexity index is 1070. The van der Waals surface area contributed by atoms with Crippen molar-refractivity contribution in [1.29, 1.82) is 0 Å². The number of likely N-dealkylation sites (tertiary alicyclic amines) is 1. The molecule has 2 aliphatic rings. The van der Waals surface area contributed by atoms with Gasteiger partial charge >= 0.3 is 18.2 Å². The molecule has 0 radical (unpaired) electrons.